The Hall–Kier alpha value is -3.23. The van der Waals surface area contributed by atoms with Crippen molar-refractivity contribution in [1.29, 1.82) is 0 Å². The molecule has 0 unspecified atom stereocenters. The first-order valence-corrected chi connectivity index (χ1v) is 8.28. The van der Waals surface area contributed by atoms with Crippen LogP contribution in [0.4, 0.5) is 5.69 Å². The van der Waals surface area contributed by atoms with Crippen LogP contribution < -0.4 is 5.32 Å². The fourth-order valence-corrected chi connectivity index (χ4v) is 3.06. The second-order valence-electron chi connectivity index (χ2n) is 6.28. The lowest BCUT2D eigenvalue weighted by molar-refractivity contribution is -0.384. The molecule has 0 saturated heterocycles. The van der Waals surface area contributed by atoms with Gasteiger partial charge in [0, 0.05) is 24.4 Å². The Morgan fingerprint density at radius 3 is 2.38 bits per heavy atom. The zero-order valence-corrected chi connectivity index (χ0v) is 13.9. The number of nitrogens with zero attached hydrogens (tertiary/aromatic N) is 3. The minimum absolute atomic E-state index is 0.0177. The van der Waals surface area contributed by atoms with Crippen molar-refractivity contribution in [1.82, 2.24) is 15.1 Å². The van der Waals surface area contributed by atoms with Crippen molar-refractivity contribution < 1.29 is 19.6 Å². The summed E-state index contributed by atoms with van der Waals surface area (Å²) in [6.07, 6.45) is 3.98. The van der Waals surface area contributed by atoms with Crippen LogP contribution in [-0.4, -0.2) is 37.7 Å². The van der Waals surface area contributed by atoms with Crippen LogP contribution in [0.15, 0.2) is 36.5 Å². The molecule has 0 radical (unpaired) electrons. The molecular formula is C17H18N4O5. The number of nitro benzene ring substituents is 1. The summed E-state index contributed by atoms with van der Waals surface area (Å²) in [4.78, 5) is 33.5. The molecule has 1 amide bonds. The summed E-state index contributed by atoms with van der Waals surface area (Å²) in [5.74, 6) is -1.43. The van der Waals surface area contributed by atoms with Crippen LogP contribution in [0.1, 0.15) is 36.2 Å². The number of benzene rings is 1. The first-order chi connectivity index (χ1) is 12.4. The van der Waals surface area contributed by atoms with Gasteiger partial charge in [0.2, 0.25) is 0 Å². The van der Waals surface area contributed by atoms with Crippen molar-refractivity contribution in [2.24, 2.45) is 5.92 Å². The Labute approximate surface area is 148 Å². The molecule has 3 rings (SSSR count). The number of aliphatic carboxylic acids is 1. The molecule has 9 nitrogen and oxygen atoms in total. The van der Waals surface area contributed by atoms with Crippen LogP contribution in [0.25, 0.3) is 5.69 Å². The fraction of sp³-hybridized carbons (Fsp3) is 0.353. The zero-order chi connectivity index (χ0) is 18.7. The van der Waals surface area contributed by atoms with E-state index in [2.05, 4.69) is 10.4 Å². The van der Waals surface area contributed by atoms with Gasteiger partial charge in [-0.3, -0.25) is 19.7 Å². The van der Waals surface area contributed by atoms with Gasteiger partial charge >= 0.3 is 5.97 Å². The number of nitrogens with one attached hydrogen (secondary N) is 1. The number of carboxylic acids is 1. The molecule has 0 bridgehead atoms. The summed E-state index contributed by atoms with van der Waals surface area (Å²) in [6.45, 7) is 0. The van der Waals surface area contributed by atoms with Crippen molar-refractivity contribution in [2.75, 3.05) is 0 Å². The molecule has 0 spiro atoms. The van der Waals surface area contributed by atoms with E-state index in [1.165, 1.54) is 16.8 Å². The molecule has 1 aromatic carbocycles. The number of amides is 1. The maximum atomic E-state index is 12.3. The molecule has 2 N–H and O–H groups in total. The van der Waals surface area contributed by atoms with Gasteiger partial charge in [-0.2, -0.15) is 5.10 Å². The lowest BCUT2D eigenvalue weighted by atomic mass is 9.86. The summed E-state index contributed by atoms with van der Waals surface area (Å²) < 4.78 is 1.47. The molecule has 0 atom stereocenters. The molecule has 9 heteroatoms. The Morgan fingerprint density at radius 1 is 1.15 bits per heavy atom. The van der Waals surface area contributed by atoms with E-state index in [0.29, 0.717) is 31.4 Å². The second kappa shape index (κ2) is 7.34. The summed E-state index contributed by atoms with van der Waals surface area (Å²) >= 11 is 0. The summed E-state index contributed by atoms with van der Waals surface area (Å²) in [6, 6.07) is 7.37. The summed E-state index contributed by atoms with van der Waals surface area (Å²) in [5, 5.41) is 26.8. The molecule has 1 aliphatic carbocycles. The van der Waals surface area contributed by atoms with Crippen LogP contribution in [0.5, 0.6) is 0 Å². The zero-order valence-electron chi connectivity index (χ0n) is 13.9. The Bertz CT molecular complexity index is 822. The van der Waals surface area contributed by atoms with E-state index < -0.39 is 10.9 Å². The monoisotopic (exact) mass is 358 g/mol. The molecule has 1 fully saturated rings. The quantitative estimate of drug-likeness (QED) is 0.623. The third-order valence-corrected chi connectivity index (χ3v) is 4.56. The molecule has 1 aromatic heterocycles. The number of carbonyl (C=O) groups excluding carboxylic acids is 1. The minimum atomic E-state index is -0.781. The van der Waals surface area contributed by atoms with Crippen LogP contribution >= 0.6 is 0 Å². The van der Waals surface area contributed by atoms with Crippen LogP contribution in [-0.2, 0) is 4.79 Å². The van der Waals surface area contributed by atoms with E-state index in [4.69, 9.17) is 5.11 Å². The van der Waals surface area contributed by atoms with Crippen molar-refractivity contribution in [2.45, 2.75) is 31.7 Å². The molecule has 1 aliphatic rings. The fourth-order valence-electron chi connectivity index (χ4n) is 3.06. The number of rotatable bonds is 5. The van der Waals surface area contributed by atoms with Crippen molar-refractivity contribution >= 4 is 17.6 Å². The van der Waals surface area contributed by atoms with Crippen LogP contribution in [0.3, 0.4) is 0 Å². The Morgan fingerprint density at radius 2 is 1.81 bits per heavy atom. The van der Waals surface area contributed by atoms with Gasteiger partial charge < -0.3 is 10.4 Å². The van der Waals surface area contributed by atoms with Crippen molar-refractivity contribution in [3.8, 4) is 5.69 Å². The largest absolute Gasteiger partial charge is 0.481 e. The molecule has 2 aromatic rings. The Kier molecular flexibility index (Phi) is 4.97. The average molecular weight is 358 g/mol. The first kappa shape index (κ1) is 17.6. The number of aromatic nitrogens is 2. The predicted octanol–water partition coefficient (Wildman–Crippen LogP) is 2.15. The maximum Gasteiger partial charge on any atom is 0.306 e. The number of hydrogen-bond acceptors (Lipinski definition) is 5. The van der Waals surface area contributed by atoms with Gasteiger partial charge in [-0.1, -0.05) is 0 Å². The van der Waals surface area contributed by atoms with Gasteiger partial charge in [0.1, 0.15) is 0 Å². The standard InChI is InChI=1S/C17H18N4O5/c22-16(18-12-3-1-11(2-4-12)17(23)24)15-9-10-20(19-15)13-5-7-14(8-6-13)21(25)26/h5-12H,1-4H2,(H,18,22)(H,23,24). The van der Waals surface area contributed by atoms with E-state index in [1.54, 1.807) is 24.4 Å². The molecule has 1 saturated carbocycles. The normalized spacial score (nSPS) is 19.7. The van der Waals surface area contributed by atoms with Gasteiger partial charge in [0.15, 0.2) is 5.69 Å². The third kappa shape index (κ3) is 3.88. The van der Waals surface area contributed by atoms with Gasteiger partial charge in [-0.15, -0.1) is 0 Å². The number of non-ortho nitro benzene ring substituents is 1. The molecular weight excluding hydrogens is 340 g/mol. The minimum Gasteiger partial charge on any atom is -0.481 e. The third-order valence-electron chi connectivity index (χ3n) is 4.56. The van der Waals surface area contributed by atoms with Crippen LogP contribution in [0.2, 0.25) is 0 Å². The number of carbonyl (C=O) groups is 2. The van der Waals surface area contributed by atoms with Crippen molar-refractivity contribution in [3.63, 3.8) is 0 Å². The van der Waals surface area contributed by atoms with E-state index in [0.717, 1.165) is 0 Å². The maximum absolute atomic E-state index is 12.3. The molecule has 0 aliphatic heterocycles. The SMILES string of the molecule is O=C(NC1CCC(C(=O)O)CC1)c1ccn(-c2ccc([N+](=O)[O-])cc2)n1. The van der Waals surface area contributed by atoms with Gasteiger partial charge in [-0.25, -0.2) is 4.68 Å². The topological polar surface area (TPSA) is 127 Å². The molecule has 136 valence electrons. The summed E-state index contributed by atoms with van der Waals surface area (Å²) in [5.41, 5.74) is 0.830. The highest BCUT2D eigenvalue weighted by Crippen LogP contribution is 2.24. The number of hydrogen-bond donors (Lipinski definition) is 2. The highest BCUT2D eigenvalue weighted by atomic mass is 16.6. The first-order valence-electron chi connectivity index (χ1n) is 8.28. The number of nitro groups is 1. The number of carboxylic acid groups (broad SMARTS) is 1. The van der Waals surface area contributed by atoms with E-state index in [-0.39, 0.29) is 29.2 Å². The Balaban J connectivity index is 1.61. The second-order valence-corrected chi connectivity index (χ2v) is 6.28. The smallest absolute Gasteiger partial charge is 0.306 e. The molecule has 26 heavy (non-hydrogen) atoms. The highest BCUT2D eigenvalue weighted by Gasteiger charge is 2.27. The van der Waals surface area contributed by atoms with Gasteiger partial charge in [0.05, 0.1) is 16.5 Å². The average Bonchev–Trinajstić information content (AvgIpc) is 3.12. The van der Waals surface area contributed by atoms with E-state index in [1.807, 2.05) is 0 Å². The lowest BCUT2D eigenvalue weighted by Crippen LogP contribution is -2.38. The molecule has 1 heterocycles. The predicted molar refractivity (Wildman–Crippen MR) is 91.1 cm³/mol. The lowest BCUT2D eigenvalue weighted by Gasteiger charge is -2.26. The highest BCUT2D eigenvalue weighted by molar-refractivity contribution is 5.92. The van der Waals surface area contributed by atoms with E-state index in [9.17, 15) is 19.7 Å². The summed E-state index contributed by atoms with van der Waals surface area (Å²) in [7, 11) is 0. The van der Waals surface area contributed by atoms with Crippen LogP contribution in [0, 0.1) is 16.0 Å². The van der Waals surface area contributed by atoms with Gasteiger partial charge in [0.25, 0.3) is 11.6 Å². The van der Waals surface area contributed by atoms with Gasteiger partial charge in [-0.05, 0) is 43.9 Å². The van der Waals surface area contributed by atoms with E-state index >= 15 is 0 Å². The van der Waals surface area contributed by atoms with Crippen molar-refractivity contribution in [3.05, 3.63) is 52.3 Å².